The Morgan fingerprint density at radius 3 is 2.58 bits per heavy atom. The van der Waals surface area contributed by atoms with Gasteiger partial charge in [0.2, 0.25) is 0 Å². The second-order valence-electron chi connectivity index (χ2n) is 3.65. The molecule has 1 rings (SSSR count). The minimum Gasteiger partial charge on any atom is -0.390 e. The highest BCUT2D eigenvalue weighted by atomic mass is 16.5. The van der Waals surface area contributed by atoms with Crippen molar-refractivity contribution in [2.45, 2.75) is 43.8 Å². The zero-order valence-corrected chi connectivity index (χ0v) is 7.75. The summed E-state index contributed by atoms with van der Waals surface area (Å²) >= 11 is 0. The zero-order chi connectivity index (χ0) is 9.03. The van der Waals surface area contributed by atoms with E-state index in [1.165, 1.54) is 0 Å². The summed E-state index contributed by atoms with van der Waals surface area (Å²) in [5, 5.41) is 9.96. The molecule has 0 aromatic carbocycles. The average molecular weight is 170 g/mol. The van der Waals surface area contributed by atoms with Crippen molar-refractivity contribution < 1.29 is 9.84 Å². The van der Waals surface area contributed by atoms with E-state index in [1.807, 2.05) is 0 Å². The highest BCUT2D eigenvalue weighted by molar-refractivity contribution is 4.91. The van der Waals surface area contributed by atoms with Crippen LogP contribution < -0.4 is 0 Å². The molecule has 0 bridgehead atoms. The maximum atomic E-state index is 9.96. The number of rotatable bonds is 3. The average Bonchev–Trinajstić information content (AvgIpc) is 2.06. The molecule has 70 valence electrons. The molecule has 1 fully saturated rings. The number of hydrogen-bond acceptors (Lipinski definition) is 2. The van der Waals surface area contributed by atoms with Crippen LogP contribution in [0.1, 0.15) is 32.1 Å². The van der Waals surface area contributed by atoms with Crippen LogP contribution in [-0.2, 0) is 4.74 Å². The molecule has 1 aliphatic carbocycles. The quantitative estimate of drug-likeness (QED) is 0.655. The second-order valence-corrected chi connectivity index (χ2v) is 3.65. The predicted octanol–water partition coefficient (Wildman–Crippen LogP) is 1.88. The van der Waals surface area contributed by atoms with Gasteiger partial charge < -0.3 is 9.84 Å². The van der Waals surface area contributed by atoms with Crippen molar-refractivity contribution in [2.75, 3.05) is 7.11 Å². The van der Waals surface area contributed by atoms with Gasteiger partial charge in [-0.25, -0.2) is 0 Å². The Morgan fingerprint density at radius 2 is 2.17 bits per heavy atom. The maximum absolute atomic E-state index is 9.96. The fourth-order valence-electron chi connectivity index (χ4n) is 1.84. The predicted molar refractivity (Wildman–Crippen MR) is 49.0 cm³/mol. The molecule has 0 atom stereocenters. The molecule has 0 heterocycles. The number of aliphatic hydroxyl groups is 1. The summed E-state index contributed by atoms with van der Waals surface area (Å²) in [7, 11) is 1.74. The molecule has 0 radical (unpaired) electrons. The highest BCUT2D eigenvalue weighted by Gasteiger charge is 2.31. The minimum atomic E-state index is -0.489. The lowest BCUT2D eigenvalue weighted by atomic mass is 9.81. The fraction of sp³-hybridized carbons (Fsp3) is 0.800. The van der Waals surface area contributed by atoms with Gasteiger partial charge in [0.25, 0.3) is 0 Å². The van der Waals surface area contributed by atoms with Gasteiger partial charge in [-0.2, -0.15) is 0 Å². The molecule has 0 aromatic rings. The van der Waals surface area contributed by atoms with Crippen LogP contribution in [0.4, 0.5) is 0 Å². The maximum Gasteiger partial charge on any atom is 0.0683 e. The molecule has 0 saturated heterocycles. The molecule has 1 saturated carbocycles. The van der Waals surface area contributed by atoms with E-state index in [1.54, 1.807) is 13.2 Å². The van der Waals surface area contributed by atoms with E-state index in [0.29, 0.717) is 12.5 Å². The standard InChI is InChI=1S/C10H18O2/c1-3-6-10(11)7-4-9(12-2)5-8-10/h3,9,11H,1,4-8H2,2H3. The van der Waals surface area contributed by atoms with E-state index in [4.69, 9.17) is 4.74 Å². The largest absolute Gasteiger partial charge is 0.390 e. The SMILES string of the molecule is C=CCC1(O)CCC(OC)CC1. The highest BCUT2D eigenvalue weighted by Crippen LogP contribution is 2.32. The Hall–Kier alpha value is -0.340. The summed E-state index contributed by atoms with van der Waals surface area (Å²) in [4.78, 5) is 0. The molecule has 1 aliphatic rings. The molecule has 0 unspecified atom stereocenters. The molecule has 0 aromatic heterocycles. The first-order chi connectivity index (χ1) is 5.70. The Morgan fingerprint density at radius 1 is 1.58 bits per heavy atom. The van der Waals surface area contributed by atoms with Crippen molar-refractivity contribution in [3.8, 4) is 0 Å². The van der Waals surface area contributed by atoms with Crippen molar-refractivity contribution in [3.05, 3.63) is 12.7 Å². The molecule has 12 heavy (non-hydrogen) atoms. The van der Waals surface area contributed by atoms with E-state index >= 15 is 0 Å². The normalized spacial score (nSPS) is 36.3. The number of ether oxygens (including phenoxy) is 1. The molecular formula is C10H18O2. The monoisotopic (exact) mass is 170 g/mol. The van der Waals surface area contributed by atoms with E-state index in [-0.39, 0.29) is 0 Å². The van der Waals surface area contributed by atoms with Crippen molar-refractivity contribution in [2.24, 2.45) is 0 Å². The topological polar surface area (TPSA) is 29.5 Å². The molecule has 2 heteroatoms. The van der Waals surface area contributed by atoms with Gasteiger partial charge in [-0.3, -0.25) is 0 Å². The van der Waals surface area contributed by atoms with Gasteiger partial charge in [0, 0.05) is 7.11 Å². The third kappa shape index (κ3) is 2.32. The van der Waals surface area contributed by atoms with Gasteiger partial charge in [-0.1, -0.05) is 6.08 Å². The summed E-state index contributed by atoms with van der Waals surface area (Å²) < 4.78 is 5.23. The van der Waals surface area contributed by atoms with Gasteiger partial charge in [0.1, 0.15) is 0 Å². The lowest BCUT2D eigenvalue weighted by Gasteiger charge is -2.34. The van der Waals surface area contributed by atoms with E-state index in [0.717, 1.165) is 25.7 Å². The summed E-state index contributed by atoms with van der Waals surface area (Å²) in [6, 6.07) is 0. The summed E-state index contributed by atoms with van der Waals surface area (Å²) in [5.74, 6) is 0. The van der Waals surface area contributed by atoms with E-state index < -0.39 is 5.60 Å². The van der Waals surface area contributed by atoms with Gasteiger partial charge >= 0.3 is 0 Å². The van der Waals surface area contributed by atoms with Crippen LogP contribution in [0, 0.1) is 0 Å². The molecule has 0 spiro atoms. The first kappa shape index (κ1) is 9.75. The van der Waals surface area contributed by atoms with Gasteiger partial charge in [-0.15, -0.1) is 6.58 Å². The lowest BCUT2D eigenvalue weighted by molar-refractivity contribution is -0.0410. The van der Waals surface area contributed by atoms with Gasteiger partial charge in [0.15, 0.2) is 0 Å². The van der Waals surface area contributed by atoms with E-state index in [2.05, 4.69) is 6.58 Å². The van der Waals surface area contributed by atoms with Crippen molar-refractivity contribution in [1.29, 1.82) is 0 Å². The van der Waals surface area contributed by atoms with Crippen LogP contribution in [0.3, 0.4) is 0 Å². The minimum absolute atomic E-state index is 0.357. The van der Waals surface area contributed by atoms with Crippen LogP contribution in [0.15, 0.2) is 12.7 Å². The molecule has 0 aliphatic heterocycles. The van der Waals surface area contributed by atoms with E-state index in [9.17, 15) is 5.11 Å². The smallest absolute Gasteiger partial charge is 0.0683 e. The molecule has 1 N–H and O–H groups in total. The number of hydrogen-bond donors (Lipinski definition) is 1. The van der Waals surface area contributed by atoms with Gasteiger partial charge in [-0.05, 0) is 32.1 Å². The Kier molecular flexibility index (Phi) is 3.29. The molecule has 0 amide bonds. The first-order valence-electron chi connectivity index (χ1n) is 4.56. The second kappa shape index (κ2) is 4.06. The van der Waals surface area contributed by atoms with Crippen LogP contribution >= 0.6 is 0 Å². The zero-order valence-electron chi connectivity index (χ0n) is 7.75. The number of methoxy groups -OCH3 is 1. The van der Waals surface area contributed by atoms with Crippen molar-refractivity contribution in [3.63, 3.8) is 0 Å². The molecule has 2 nitrogen and oxygen atoms in total. The van der Waals surface area contributed by atoms with Crippen molar-refractivity contribution in [1.82, 2.24) is 0 Å². The summed E-state index contributed by atoms with van der Waals surface area (Å²) in [6.07, 6.45) is 6.50. The summed E-state index contributed by atoms with van der Waals surface area (Å²) in [6.45, 7) is 3.65. The van der Waals surface area contributed by atoms with Crippen LogP contribution in [0.25, 0.3) is 0 Å². The Labute approximate surface area is 74.2 Å². The van der Waals surface area contributed by atoms with Crippen molar-refractivity contribution >= 4 is 0 Å². The third-order valence-electron chi connectivity index (χ3n) is 2.72. The lowest BCUT2D eigenvalue weighted by Crippen LogP contribution is -2.35. The van der Waals surface area contributed by atoms with Gasteiger partial charge in [0.05, 0.1) is 11.7 Å². The molecular weight excluding hydrogens is 152 g/mol. The van der Waals surface area contributed by atoms with Crippen LogP contribution in [-0.4, -0.2) is 23.9 Å². The Bertz CT molecular complexity index is 146. The van der Waals surface area contributed by atoms with Crippen LogP contribution in [0.5, 0.6) is 0 Å². The fourth-order valence-corrected chi connectivity index (χ4v) is 1.84. The third-order valence-corrected chi connectivity index (χ3v) is 2.72. The first-order valence-corrected chi connectivity index (χ1v) is 4.56. The Balaban J connectivity index is 2.38. The van der Waals surface area contributed by atoms with Crippen LogP contribution in [0.2, 0.25) is 0 Å². The summed E-state index contributed by atoms with van der Waals surface area (Å²) in [5.41, 5.74) is -0.489.